The molecule has 0 aliphatic heterocycles. The number of hydrogen-bond acceptors (Lipinski definition) is 5. The maximum Gasteiger partial charge on any atom is 0.259 e. The molecule has 1 amide bonds. The first-order valence-corrected chi connectivity index (χ1v) is 8.92. The van der Waals surface area contributed by atoms with E-state index in [-0.39, 0.29) is 5.57 Å². The Morgan fingerprint density at radius 3 is 2.54 bits per heavy atom. The van der Waals surface area contributed by atoms with Crippen molar-refractivity contribution in [2.45, 2.75) is 20.3 Å². The van der Waals surface area contributed by atoms with Crippen LogP contribution in [0.15, 0.2) is 42.0 Å². The first-order chi connectivity index (χ1) is 13.5. The third-order valence-corrected chi connectivity index (χ3v) is 4.01. The van der Waals surface area contributed by atoms with Gasteiger partial charge in [0.15, 0.2) is 11.5 Å². The number of rotatable bonds is 9. The maximum absolute atomic E-state index is 11.2. The lowest BCUT2D eigenvalue weighted by atomic mass is 10.1. The Morgan fingerprint density at radius 2 is 1.89 bits per heavy atom. The van der Waals surface area contributed by atoms with E-state index in [1.165, 1.54) is 18.7 Å². The van der Waals surface area contributed by atoms with Gasteiger partial charge in [-0.05, 0) is 60.4 Å². The van der Waals surface area contributed by atoms with Crippen molar-refractivity contribution in [1.29, 1.82) is 5.26 Å². The van der Waals surface area contributed by atoms with Crippen molar-refractivity contribution in [1.82, 2.24) is 0 Å². The van der Waals surface area contributed by atoms with Gasteiger partial charge >= 0.3 is 0 Å². The summed E-state index contributed by atoms with van der Waals surface area (Å²) in [6, 6.07) is 13.0. The zero-order chi connectivity index (χ0) is 20.5. The topological polar surface area (TPSA) is 94.6 Å². The molecule has 6 nitrogen and oxygen atoms in total. The van der Waals surface area contributed by atoms with Crippen LogP contribution in [-0.2, 0) is 11.2 Å². The summed E-state index contributed by atoms with van der Waals surface area (Å²) in [4.78, 5) is 11.2. The molecule has 146 valence electrons. The molecule has 0 saturated heterocycles. The number of methoxy groups -OCH3 is 1. The highest BCUT2D eigenvalue weighted by Crippen LogP contribution is 2.29. The maximum atomic E-state index is 11.2. The fraction of sp³-hybridized carbons (Fsp3) is 0.273. The van der Waals surface area contributed by atoms with Gasteiger partial charge in [-0.2, -0.15) is 5.26 Å². The number of carbonyl (C=O) groups is 1. The van der Waals surface area contributed by atoms with Crippen LogP contribution in [0.5, 0.6) is 17.2 Å². The van der Waals surface area contributed by atoms with Crippen molar-refractivity contribution in [2.24, 2.45) is 5.73 Å². The molecule has 0 aromatic heterocycles. The summed E-state index contributed by atoms with van der Waals surface area (Å²) in [6.45, 7) is 4.87. The van der Waals surface area contributed by atoms with E-state index in [1.807, 2.05) is 19.1 Å². The third-order valence-electron chi connectivity index (χ3n) is 4.01. The van der Waals surface area contributed by atoms with E-state index in [2.05, 4.69) is 13.0 Å². The molecular weight excluding hydrogens is 356 g/mol. The van der Waals surface area contributed by atoms with Crippen molar-refractivity contribution in [2.75, 3.05) is 20.3 Å². The average molecular weight is 380 g/mol. The van der Waals surface area contributed by atoms with Gasteiger partial charge in [-0.3, -0.25) is 4.79 Å². The summed E-state index contributed by atoms with van der Waals surface area (Å²) < 4.78 is 16.9. The van der Waals surface area contributed by atoms with Gasteiger partial charge in [0.05, 0.1) is 7.11 Å². The largest absolute Gasteiger partial charge is 0.493 e. The van der Waals surface area contributed by atoms with Crippen molar-refractivity contribution >= 4 is 12.0 Å². The Hall–Kier alpha value is -3.46. The molecule has 0 aliphatic carbocycles. The van der Waals surface area contributed by atoms with E-state index in [9.17, 15) is 4.79 Å². The van der Waals surface area contributed by atoms with E-state index in [4.69, 9.17) is 25.2 Å². The number of nitrogens with two attached hydrogens (primary N) is 1. The summed E-state index contributed by atoms with van der Waals surface area (Å²) in [6.07, 6.45) is 2.36. The molecule has 0 fully saturated rings. The first kappa shape index (κ1) is 20.8. The molecule has 0 aliphatic rings. The first-order valence-electron chi connectivity index (χ1n) is 8.92. The third kappa shape index (κ3) is 5.78. The molecule has 2 rings (SSSR count). The van der Waals surface area contributed by atoms with Crippen molar-refractivity contribution in [3.8, 4) is 23.3 Å². The van der Waals surface area contributed by atoms with Crippen LogP contribution in [0.4, 0.5) is 0 Å². The number of nitrogens with zero attached hydrogens (tertiary/aromatic N) is 1. The van der Waals surface area contributed by atoms with Gasteiger partial charge in [-0.25, -0.2) is 0 Å². The fourth-order valence-electron chi connectivity index (χ4n) is 2.64. The predicted octanol–water partition coefficient (Wildman–Crippen LogP) is 3.42. The van der Waals surface area contributed by atoms with Crippen LogP contribution < -0.4 is 19.9 Å². The Labute approximate surface area is 165 Å². The lowest BCUT2D eigenvalue weighted by Gasteiger charge is -2.13. The van der Waals surface area contributed by atoms with Gasteiger partial charge in [0.2, 0.25) is 0 Å². The zero-order valence-corrected chi connectivity index (χ0v) is 16.3. The lowest BCUT2D eigenvalue weighted by Crippen LogP contribution is -2.12. The molecule has 6 heteroatoms. The van der Waals surface area contributed by atoms with Gasteiger partial charge in [0, 0.05) is 0 Å². The number of benzene rings is 2. The number of nitriles is 1. The number of aryl methyl sites for hydroxylation is 2. The number of primary amides is 1. The molecule has 2 aromatic carbocycles. The van der Waals surface area contributed by atoms with Crippen LogP contribution in [0.25, 0.3) is 6.08 Å². The highest BCUT2D eigenvalue weighted by molar-refractivity contribution is 6.00. The van der Waals surface area contributed by atoms with Gasteiger partial charge in [0.1, 0.15) is 30.6 Å². The average Bonchev–Trinajstić information content (AvgIpc) is 2.69. The van der Waals surface area contributed by atoms with Crippen LogP contribution >= 0.6 is 0 Å². The summed E-state index contributed by atoms with van der Waals surface area (Å²) in [7, 11) is 1.52. The predicted molar refractivity (Wildman–Crippen MR) is 107 cm³/mol. The standard InChI is InChI=1S/C22H24N2O4/c1-4-16-9-15(2)10-19(12-16)27-7-8-28-20-6-5-17(13-21(20)26-3)11-18(14-23)22(24)25/h5-6,9-13H,4,7-8H2,1-3H3,(H2,24,25)/b18-11+. The summed E-state index contributed by atoms with van der Waals surface area (Å²) in [5.74, 6) is 1.07. The summed E-state index contributed by atoms with van der Waals surface area (Å²) >= 11 is 0. The lowest BCUT2D eigenvalue weighted by molar-refractivity contribution is -0.114. The SMILES string of the molecule is CCc1cc(C)cc(OCCOc2ccc(/C=C(\C#N)C(N)=O)cc2OC)c1. The van der Waals surface area contributed by atoms with E-state index in [1.54, 1.807) is 24.3 Å². The molecule has 0 unspecified atom stereocenters. The van der Waals surface area contributed by atoms with Crippen LogP contribution in [0, 0.1) is 18.3 Å². The van der Waals surface area contributed by atoms with Crippen molar-refractivity contribution in [3.63, 3.8) is 0 Å². The Bertz CT molecular complexity index is 913. The van der Waals surface area contributed by atoms with E-state index in [0.29, 0.717) is 30.3 Å². The van der Waals surface area contributed by atoms with E-state index in [0.717, 1.165) is 17.7 Å². The second-order valence-electron chi connectivity index (χ2n) is 6.15. The minimum absolute atomic E-state index is 0.131. The van der Waals surface area contributed by atoms with Crippen LogP contribution in [0.3, 0.4) is 0 Å². The van der Waals surface area contributed by atoms with Gasteiger partial charge in [0.25, 0.3) is 5.91 Å². The van der Waals surface area contributed by atoms with Crippen molar-refractivity contribution < 1.29 is 19.0 Å². The number of ether oxygens (including phenoxy) is 3. The molecule has 0 heterocycles. The molecule has 28 heavy (non-hydrogen) atoms. The number of carbonyl (C=O) groups excluding carboxylic acids is 1. The zero-order valence-electron chi connectivity index (χ0n) is 16.3. The number of hydrogen-bond donors (Lipinski definition) is 1. The normalized spacial score (nSPS) is 10.9. The second-order valence-corrected chi connectivity index (χ2v) is 6.15. The monoisotopic (exact) mass is 380 g/mol. The highest BCUT2D eigenvalue weighted by Gasteiger charge is 2.08. The molecule has 0 radical (unpaired) electrons. The second kappa shape index (κ2) is 10.0. The highest BCUT2D eigenvalue weighted by atomic mass is 16.5. The van der Waals surface area contributed by atoms with Gasteiger partial charge in [-0.15, -0.1) is 0 Å². The molecule has 0 saturated carbocycles. The van der Waals surface area contributed by atoms with Crippen LogP contribution in [0.1, 0.15) is 23.6 Å². The molecule has 0 spiro atoms. The molecule has 0 atom stereocenters. The Balaban J connectivity index is 2.00. The van der Waals surface area contributed by atoms with E-state index < -0.39 is 5.91 Å². The van der Waals surface area contributed by atoms with Crippen LogP contribution in [0.2, 0.25) is 0 Å². The molecular formula is C22H24N2O4. The molecule has 2 N–H and O–H groups in total. The van der Waals surface area contributed by atoms with Crippen LogP contribution in [-0.4, -0.2) is 26.2 Å². The molecule has 2 aromatic rings. The summed E-state index contributed by atoms with van der Waals surface area (Å²) in [5, 5.41) is 8.94. The summed E-state index contributed by atoms with van der Waals surface area (Å²) in [5.41, 5.74) is 8.03. The minimum atomic E-state index is -0.777. The quantitative estimate of drug-likeness (QED) is 0.409. The van der Waals surface area contributed by atoms with E-state index >= 15 is 0 Å². The van der Waals surface area contributed by atoms with Gasteiger partial charge in [-0.1, -0.05) is 19.1 Å². The smallest absolute Gasteiger partial charge is 0.259 e. The Morgan fingerprint density at radius 1 is 1.14 bits per heavy atom. The fourth-order valence-corrected chi connectivity index (χ4v) is 2.64. The molecule has 0 bridgehead atoms. The minimum Gasteiger partial charge on any atom is -0.493 e. The number of amides is 1. The van der Waals surface area contributed by atoms with Crippen molar-refractivity contribution in [3.05, 3.63) is 58.7 Å². The Kier molecular flexibility index (Phi) is 7.46. The van der Waals surface area contributed by atoms with Gasteiger partial charge < -0.3 is 19.9 Å².